The molecule has 3 aromatic rings. The summed E-state index contributed by atoms with van der Waals surface area (Å²) in [6.07, 6.45) is 0. The summed E-state index contributed by atoms with van der Waals surface area (Å²) >= 11 is 8.03. The third kappa shape index (κ3) is 3.05. The molecular formula is C19H19ClN2OS. The van der Waals surface area contributed by atoms with Crippen LogP contribution in [0.15, 0.2) is 35.7 Å². The van der Waals surface area contributed by atoms with Crippen LogP contribution in [0.4, 0.5) is 0 Å². The summed E-state index contributed by atoms with van der Waals surface area (Å²) in [5, 5.41) is 3.77. The number of ether oxygens (including phenoxy) is 1. The fourth-order valence-electron chi connectivity index (χ4n) is 2.71. The molecule has 1 heterocycles. The van der Waals surface area contributed by atoms with E-state index in [2.05, 4.69) is 12.1 Å². The van der Waals surface area contributed by atoms with Crippen LogP contribution in [-0.2, 0) is 6.54 Å². The maximum atomic E-state index is 6.43. The lowest BCUT2D eigenvalue weighted by molar-refractivity contribution is 0.415. The number of benzene rings is 2. The average Bonchev–Trinajstić information content (AvgIpc) is 3.08. The van der Waals surface area contributed by atoms with Crippen molar-refractivity contribution in [3.05, 3.63) is 57.4 Å². The molecule has 2 N–H and O–H groups in total. The smallest absolute Gasteiger partial charge is 0.128 e. The highest BCUT2D eigenvalue weighted by molar-refractivity contribution is 7.13. The van der Waals surface area contributed by atoms with Crippen molar-refractivity contribution in [1.29, 1.82) is 0 Å². The molecule has 3 rings (SSSR count). The number of hydrogen-bond acceptors (Lipinski definition) is 4. The van der Waals surface area contributed by atoms with Crippen LogP contribution >= 0.6 is 22.9 Å². The lowest BCUT2D eigenvalue weighted by Gasteiger charge is -2.13. The van der Waals surface area contributed by atoms with E-state index in [1.54, 1.807) is 18.4 Å². The largest absolute Gasteiger partial charge is 0.496 e. The lowest BCUT2D eigenvalue weighted by Crippen LogP contribution is -1.95. The number of nitrogens with zero attached hydrogens (tertiary/aromatic N) is 1. The van der Waals surface area contributed by atoms with Gasteiger partial charge in [-0.05, 0) is 36.6 Å². The SMILES string of the molecule is COc1cc(C)c(Cl)c(C)c1-c1csc(-c2ccc(CN)cc2)n1. The van der Waals surface area contributed by atoms with Crippen molar-refractivity contribution in [2.45, 2.75) is 20.4 Å². The van der Waals surface area contributed by atoms with Gasteiger partial charge < -0.3 is 10.5 Å². The average molecular weight is 359 g/mol. The van der Waals surface area contributed by atoms with Crippen molar-refractivity contribution in [1.82, 2.24) is 4.98 Å². The molecule has 0 unspecified atom stereocenters. The van der Waals surface area contributed by atoms with E-state index in [-0.39, 0.29) is 0 Å². The molecule has 0 saturated carbocycles. The number of thiazole rings is 1. The summed E-state index contributed by atoms with van der Waals surface area (Å²) in [7, 11) is 1.67. The number of methoxy groups -OCH3 is 1. The molecule has 24 heavy (non-hydrogen) atoms. The summed E-state index contributed by atoms with van der Waals surface area (Å²) in [4.78, 5) is 4.80. The highest BCUT2D eigenvalue weighted by Gasteiger charge is 2.17. The Hall–Kier alpha value is -1.88. The second-order valence-corrected chi connectivity index (χ2v) is 6.88. The zero-order valence-electron chi connectivity index (χ0n) is 13.9. The van der Waals surface area contributed by atoms with Gasteiger partial charge in [0.1, 0.15) is 10.8 Å². The Morgan fingerprint density at radius 3 is 2.54 bits per heavy atom. The van der Waals surface area contributed by atoms with E-state index in [1.807, 2.05) is 37.4 Å². The molecule has 0 amide bonds. The van der Waals surface area contributed by atoms with Crippen molar-refractivity contribution in [2.75, 3.05) is 7.11 Å². The van der Waals surface area contributed by atoms with E-state index < -0.39 is 0 Å². The summed E-state index contributed by atoms with van der Waals surface area (Å²) < 4.78 is 5.55. The van der Waals surface area contributed by atoms with Crippen molar-refractivity contribution in [3.63, 3.8) is 0 Å². The third-order valence-electron chi connectivity index (χ3n) is 4.06. The van der Waals surface area contributed by atoms with Crippen LogP contribution in [-0.4, -0.2) is 12.1 Å². The number of aryl methyl sites for hydroxylation is 1. The molecule has 0 radical (unpaired) electrons. The van der Waals surface area contributed by atoms with Crippen LogP contribution in [0.2, 0.25) is 5.02 Å². The third-order valence-corrected chi connectivity index (χ3v) is 5.53. The zero-order chi connectivity index (χ0) is 17.3. The van der Waals surface area contributed by atoms with Gasteiger partial charge in [0.05, 0.1) is 12.8 Å². The minimum absolute atomic E-state index is 0.543. The van der Waals surface area contributed by atoms with Crippen LogP contribution < -0.4 is 10.5 Å². The van der Waals surface area contributed by atoms with E-state index in [1.165, 1.54) is 0 Å². The van der Waals surface area contributed by atoms with Crippen LogP contribution in [0.5, 0.6) is 5.75 Å². The number of hydrogen-bond donors (Lipinski definition) is 1. The van der Waals surface area contributed by atoms with Gasteiger partial charge in [-0.2, -0.15) is 0 Å². The Kier molecular flexibility index (Phi) is 4.90. The highest BCUT2D eigenvalue weighted by Crippen LogP contribution is 2.40. The predicted molar refractivity (Wildman–Crippen MR) is 102 cm³/mol. The predicted octanol–water partition coefficient (Wildman–Crippen LogP) is 5.21. The van der Waals surface area contributed by atoms with Gasteiger partial charge in [0.15, 0.2) is 0 Å². The normalized spacial score (nSPS) is 10.9. The molecule has 3 nitrogen and oxygen atoms in total. The molecule has 124 valence electrons. The van der Waals surface area contributed by atoms with E-state index >= 15 is 0 Å². The molecule has 0 spiro atoms. The summed E-state index contributed by atoms with van der Waals surface area (Å²) in [6, 6.07) is 10.1. The second kappa shape index (κ2) is 6.93. The van der Waals surface area contributed by atoms with Gasteiger partial charge in [0.2, 0.25) is 0 Å². The van der Waals surface area contributed by atoms with Crippen molar-refractivity contribution in [3.8, 4) is 27.6 Å². The molecule has 2 aromatic carbocycles. The first-order chi connectivity index (χ1) is 11.5. The highest BCUT2D eigenvalue weighted by atomic mass is 35.5. The number of halogens is 1. The number of aromatic nitrogens is 1. The first-order valence-electron chi connectivity index (χ1n) is 7.64. The molecule has 0 aliphatic heterocycles. The van der Waals surface area contributed by atoms with Crippen molar-refractivity contribution in [2.24, 2.45) is 5.73 Å². The molecule has 5 heteroatoms. The van der Waals surface area contributed by atoms with Gasteiger partial charge in [0.25, 0.3) is 0 Å². The minimum atomic E-state index is 0.543. The molecule has 0 aliphatic carbocycles. The molecule has 0 fully saturated rings. The van der Waals surface area contributed by atoms with Gasteiger partial charge in [-0.3, -0.25) is 0 Å². The van der Waals surface area contributed by atoms with Gasteiger partial charge in [-0.15, -0.1) is 11.3 Å². The van der Waals surface area contributed by atoms with Gasteiger partial charge in [-0.1, -0.05) is 35.9 Å². The Labute approximate surface area is 151 Å². The monoisotopic (exact) mass is 358 g/mol. The first-order valence-corrected chi connectivity index (χ1v) is 8.90. The van der Waals surface area contributed by atoms with Gasteiger partial charge in [0, 0.05) is 28.1 Å². The maximum absolute atomic E-state index is 6.43. The second-order valence-electron chi connectivity index (χ2n) is 5.65. The van der Waals surface area contributed by atoms with Crippen molar-refractivity contribution < 1.29 is 4.74 Å². The first kappa shape index (κ1) is 17.0. The molecule has 1 aromatic heterocycles. The standard InChI is InChI=1S/C19H19ClN2OS/c1-11-8-16(23-3)17(12(2)18(11)20)15-10-24-19(22-15)14-6-4-13(9-21)5-7-14/h4-8,10H,9,21H2,1-3H3. The molecule has 0 atom stereocenters. The summed E-state index contributed by atoms with van der Waals surface area (Å²) in [5.41, 5.74) is 11.7. The topological polar surface area (TPSA) is 48.1 Å². The lowest BCUT2D eigenvalue weighted by atomic mass is 10.0. The Morgan fingerprint density at radius 1 is 1.21 bits per heavy atom. The minimum Gasteiger partial charge on any atom is -0.496 e. The van der Waals surface area contributed by atoms with Crippen LogP contribution in [0.25, 0.3) is 21.8 Å². The molecule has 0 saturated heterocycles. The van der Waals surface area contributed by atoms with Crippen LogP contribution in [0, 0.1) is 13.8 Å². The van der Waals surface area contributed by atoms with E-state index in [0.717, 1.165) is 49.3 Å². The van der Waals surface area contributed by atoms with Crippen LogP contribution in [0.1, 0.15) is 16.7 Å². The quantitative estimate of drug-likeness (QED) is 0.696. The molecule has 0 aliphatic rings. The maximum Gasteiger partial charge on any atom is 0.128 e. The fourth-order valence-corrected chi connectivity index (χ4v) is 3.67. The van der Waals surface area contributed by atoms with E-state index in [9.17, 15) is 0 Å². The van der Waals surface area contributed by atoms with Gasteiger partial charge >= 0.3 is 0 Å². The molecular weight excluding hydrogens is 340 g/mol. The Balaban J connectivity index is 2.06. The summed E-state index contributed by atoms with van der Waals surface area (Å²) in [5.74, 6) is 0.796. The number of rotatable bonds is 4. The summed E-state index contributed by atoms with van der Waals surface area (Å²) in [6.45, 7) is 4.52. The van der Waals surface area contributed by atoms with E-state index in [0.29, 0.717) is 6.54 Å². The number of nitrogens with two attached hydrogens (primary N) is 1. The fraction of sp³-hybridized carbons (Fsp3) is 0.211. The van der Waals surface area contributed by atoms with Crippen LogP contribution in [0.3, 0.4) is 0 Å². The Bertz CT molecular complexity index is 872. The van der Waals surface area contributed by atoms with Gasteiger partial charge in [-0.25, -0.2) is 4.98 Å². The zero-order valence-corrected chi connectivity index (χ0v) is 15.5. The molecule has 0 bridgehead atoms. The van der Waals surface area contributed by atoms with E-state index in [4.69, 9.17) is 27.1 Å². The Morgan fingerprint density at radius 2 is 1.92 bits per heavy atom. The van der Waals surface area contributed by atoms with Crippen molar-refractivity contribution >= 4 is 22.9 Å².